The van der Waals surface area contributed by atoms with Crippen LogP contribution in [0.4, 0.5) is 0 Å². The lowest BCUT2D eigenvalue weighted by atomic mass is 10.3. The van der Waals surface area contributed by atoms with Crippen LogP contribution in [0.1, 0.15) is 19.8 Å². The summed E-state index contributed by atoms with van der Waals surface area (Å²) in [4.78, 5) is 11.5. The molecule has 0 aliphatic carbocycles. The fourth-order valence-corrected chi connectivity index (χ4v) is 1.91. The lowest BCUT2D eigenvalue weighted by Gasteiger charge is -2.09. The topological polar surface area (TPSA) is 50.4 Å². The molecule has 0 heterocycles. The molecule has 0 aliphatic rings. The Kier molecular flexibility index (Phi) is 8.42. The summed E-state index contributed by atoms with van der Waals surface area (Å²) in [6, 6.07) is 5.23. The number of hydrogen-bond acceptors (Lipinski definition) is 3. The van der Waals surface area contributed by atoms with Gasteiger partial charge in [0.1, 0.15) is 10.8 Å². The predicted molar refractivity (Wildman–Crippen MR) is 82.7 cm³/mol. The number of carbonyl (C=O) groups excluding carboxylic acids is 1. The van der Waals surface area contributed by atoms with Gasteiger partial charge in [-0.1, -0.05) is 36.2 Å². The Labute approximate surface area is 129 Å². The van der Waals surface area contributed by atoms with Crippen molar-refractivity contribution in [3.63, 3.8) is 0 Å². The quantitative estimate of drug-likeness (QED) is 0.688. The minimum atomic E-state index is 0.0312. The van der Waals surface area contributed by atoms with Crippen molar-refractivity contribution in [3.8, 4) is 5.75 Å². The largest absolute Gasteiger partial charge is 0.492 e. The van der Waals surface area contributed by atoms with Crippen molar-refractivity contribution in [2.24, 2.45) is 0 Å². The van der Waals surface area contributed by atoms with Crippen molar-refractivity contribution in [2.75, 3.05) is 26.2 Å². The second-order valence-corrected chi connectivity index (χ2v) is 4.99. The molecule has 1 rings (SSSR count). The van der Waals surface area contributed by atoms with Gasteiger partial charge in [-0.15, -0.1) is 0 Å². The molecule has 0 bridgehead atoms. The van der Waals surface area contributed by atoms with Crippen molar-refractivity contribution in [2.45, 2.75) is 19.8 Å². The van der Waals surface area contributed by atoms with Gasteiger partial charge in [-0.25, -0.2) is 0 Å². The molecule has 0 aromatic heterocycles. The second kappa shape index (κ2) is 9.86. The molecule has 1 amide bonds. The molecule has 0 spiro atoms. The van der Waals surface area contributed by atoms with E-state index in [-0.39, 0.29) is 5.91 Å². The lowest BCUT2D eigenvalue weighted by Crippen LogP contribution is -2.31. The van der Waals surface area contributed by atoms with Crippen molar-refractivity contribution >= 4 is 29.1 Å². The first kappa shape index (κ1) is 17.1. The van der Waals surface area contributed by atoms with Gasteiger partial charge in [0.2, 0.25) is 5.91 Å². The first-order valence-corrected chi connectivity index (χ1v) is 7.45. The molecule has 1 aromatic rings. The van der Waals surface area contributed by atoms with E-state index in [1.807, 2.05) is 6.92 Å². The molecule has 20 heavy (non-hydrogen) atoms. The SMILES string of the molecule is CCNCCNC(=O)CCCOc1cccc(Cl)c1Cl. The van der Waals surface area contributed by atoms with Crippen LogP contribution in [0.5, 0.6) is 5.75 Å². The Hall–Kier alpha value is -0.970. The summed E-state index contributed by atoms with van der Waals surface area (Å²) in [6.45, 7) is 4.80. The van der Waals surface area contributed by atoms with E-state index in [1.165, 1.54) is 0 Å². The Bertz CT molecular complexity index is 428. The number of halogens is 2. The number of rotatable bonds is 9. The minimum Gasteiger partial charge on any atom is -0.492 e. The highest BCUT2D eigenvalue weighted by molar-refractivity contribution is 6.42. The normalized spacial score (nSPS) is 10.3. The van der Waals surface area contributed by atoms with Crippen LogP contribution < -0.4 is 15.4 Å². The molecule has 0 unspecified atom stereocenters. The van der Waals surface area contributed by atoms with Gasteiger partial charge < -0.3 is 15.4 Å². The van der Waals surface area contributed by atoms with E-state index in [9.17, 15) is 4.79 Å². The van der Waals surface area contributed by atoms with E-state index in [1.54, 1.807) is 18.2 Å². The summed E-state index contributed by atoms with van der Waals surface area (Å²) in [6.07, 6.45) is 1.07. The van der Waals surface area contributed by atoms with Gasteiger partial charge in [0.05, 0.1) is 11.6 Å². The number of carbonyl (C=O) groups is 1. The maximum absolute atomic E-state index is 11.5. The molecule has 6 heteroatoms. The third-order valence-corrected chi connectivity index (χ3v) is 3.40. The van der Waals surface area contributed by atoms with Gasteiger partial charge in [0, 0.05) is 19.5 Å². The second-order valence-electron chi connectivity index (χ2n) is 4.21. The van der Waals surface area contributed by atoms with E-state index in [2.05, 4.69) is 10.6 Å². The van der Waals surface area contributed by atoms with Gasteiger partial charge in [-0.05, 0) is 25.1 Å². The molecule has 112 valence electrons. The average molecular weight is 319 g/mol. The molecule has 4 nitrogen and oxygen atoms in total. The summed E-state index contributed by atoms with van der Waals surface area (Å²) in [5, 5.41) is 6.84. The molecule has 1 aromatic carbocycles. The summed E-state index contributed by atoms with van der Waals surface area (Å²) in [5.41, 5.74) is 0. The average Bonchev–Trinajstić information content (AvgIpc) is 2.44. The van der Waals surface area contributed by atoms with Gasteiger partial charge in [-0.2, -0.15) is 0 Å². The fraction of sp³-hybridized carbons (Fsp3) is 0.500. The van der Waals surface area contributed by atoms with Gasteiger partial charge in [-0.3, -0.25) is 4.79 Å². The van der Waals surface area contributed by atoms with Crippen LogP contribution in [-0.2, 0) is 4.79 Å². The number of nitrogens with one attached hydrogen (secondary N) is 2. The zero-order chi connectivity index (χ0) is 14.8. The van der Waals surface area contributed by atoms with Crippen LogP contribution >= 0.6 is 23.2 Å². The number of hydrogen-bond donors (Lipinski definition) is 2. The zero-order valence-corrected chi connectivity index (χ0v) is 13.1. The highest BCUT2D eigenvalue weighted by Crippen LogP contribution is 2.31. The molecular formula is C14H20Cl2N2O2. The molecule has 0 atom stereocenters. The van der Waals surface area contributed by atoms with Crippen LogP contribution in [0.15, 0.2) is 18.2 Å². The smallest absolute Gasteiger partial charge is 0.220 e. The van der Waals surface area contributed by atoms with Crippen molar-refractivity contribution in [3.05, 3.63) is 28.2 Å². The summed E-state index contributed by atoms with van der Waals surface area (Å²) in [7, 11) is 0. The highest BCUT2D eigenvalue weighted by Gasteiger charge is 2.06. The third kappa shape index (κ3) is 6.46. The summed E-state index contributed by atoms with van der Waals surface area (Å²) in [5.74, 6) is 0.579. The van der Waals surface area contributed by atoms with E-state index in [0.29, 0.717) is 41.8 Å². The van der Waals surface area contributed by atoms with Crippen LogP contribution in [0.3, 0.4) is 0 Å². The molecule has 0 fully saturated rings. The van der Waals surface area contributed by atoms with E-state index >= 15 is 0 Å². The van der Waals surface area contributed by atoms with Crippen LogP contribution in [0.25, 0.3) is 0 Å². The van der Waals surface area contributed by atoms with E-state index in [0.717, 1.165) is 13.1 Å². The highest BCUT2D eigenvalue weighted by atomic mass is 35.5. The first-order valence-electron chi connectivity index (χ1n) is 6.69. The number of benzene rings is 1. The first-order chi connectivity index (χ1) is 9.65. The van der Waals surface area contributed by atoms with E-state index in [4.69, 9.17) is 27.9 Å². The number of likely N-dealkylation sites (N-methyl/N-ethyl adjacent to an activating group) is 1. The Balaban J connectivity index is 2.15. The number of ether oxygens (including phenoxy) is 1. The predicted octanol–water partition coefficient (Wildman–Crippen LogP) is 2.88. The Morgan fingerprint density at radius 1 is 1.30 bits per heavy atom. The van der Waals surface area contributed by atoms with Crippen LogP contribution in [0, 0.1) is 0 Å². The lowest BCUT2D eigenvalue weighted by molar-refractivity contribution is -0.121. The molecule has 0 saturated heterocycles. The van der Waals surface area contributed by atoms with Crippen molar-refractivity contribution in [1.82, 2.24) is 10.6 Å². The maximum Gasteiger partial charge on any atom is 0.220 e. The van der Waals surface area contributed by atoms with Crippen molar-refractivity contribution in [1.29, 1.82) is 0 Å². The van der Waals surface area contributed by atoms with Crippen molar-refractivity contribution < 1.29 is 9.53 Å². The molecule has 2 N–H and O–H groups in total. The van der Waals surface area contributed by atoms with Gasteiger partial charge in [0.15, 0.2) is 0 Å². The molecular weight excluding hydrogens is 299 g/mol. The van der Waals surface area contributed by atoms with Crippen LogP contribution in [0.2, 0.25) is 10.0 Å². The fourth-order valence-electron chi connectivity index (χ4n) is 1.57. The molecule has 0 saturated carbocycles. The standard InChI is InChI=1S/C14H20Cl2N2O2/c1-2-17-8-9-18-13(19)7-4-10-20-12-6-3-5-11(15)14(12)16/h3,5-6,17H,2,4,7-10H2,1H3,(H,18,19). The summed E-state index contributed by atoms with van der Waals surface area (Å²) < 4.78 is 5.50. The molecule has 0 aliphatic heterocycles. The monoisotopic (exact) mass is 318 g/mol. The number of amides is 1. The Morgan fingerprint density at radius 2 is 2.10 bits per heavy atom. The zero-order valence-electron chi connectivity index (χ0n) is 11.5. The maximum atomic E-state index is 11.5. The third-order valence-electron chi connectivity index (χ3n) is 2.60. The van der Waals surface area contributed by atoms with Gasteiger partial charge >= 0.3 is 0 Å². The van der Waals surface area contributed by atoms with Crippen LogP contribution in [-0.4, -0.2) is 32.1 Å². The minimum absolute atomic E-state index is 0.0312. The Morgan fingerprint density at radius 3 is 2.85 bits per heavy atom. The van der Waals surface area contributed by atoms with E-state index < -0.39 is 0 Å². The molecule has 0 radical (unpaired) electrons. The summed E-state index contributed by atoms with van der Waals surface area (Å²) >= 11 is 11.9. The van der Waals surface area contributed by atoms with Gasteiger partial charge in [0.25, 0.3) is 0 Å².